The van der Waals surface area contributed by atoms with Crippen LogP contribution in [-0.2, 0) is 4.79 Å². The molecule has 0 radical (unpaired) electrons. The SMILES string of the molecule is C=C(c1cc(NC(=O)CC(C)C)c(C)cc1C)N1CCC(c2ccc(C#N)cc2)CC1. The molecule has 31 heavy (non-hydrogen) atoms. The van der Waals surface area contributed by atoms with Gasteiger partial charge >= 0.3 is 0 Å². The van der Waals surface area contributed by atoms with Crippen LogP contribution in [0.25, 0.3) is 5.70 Å². The van der Waals surface area contributed by atoms with Crippen molar-refractivity contribution in [1.29, 1.82) is 5.26 Å². The first-order valence-corrected chi connectivity index (χ1v) is 11.1. The summed E-state index contributed by atoms with van der Waals surface area (Å²) in [4.78, 5) is 14.7. The maximum absolute atomic E-state index is 12.3. The number of carbonyl (C=O) groups excluding carboxylic acids is 1. The van der Waals surface area contributed by atoms with Gasteiger partial charge in [-0.2, -0.15) is 5.26 Å². The maximum Gasteiger partial charge on any atom is 0.224 e. The predicted molar refractivity (Wildman–Crippen MR) is 128 cm³/mol. The zero-order valence-corrected chi connectivity index (χ0v) is 19.2. The van der Waals surface area contributed by atoms with Gasteiger partial charge in [-0.1, -0.05) is 38.6 Å². The minimum Gasteiger partial charge on any atom is -0.371 e. The van der Waals surface area contributed by atoms with Gasteiger partial charge in [-0.15, -0.1) is 0 Å². The molecular formula is C27H33N3O. The second-order valence-electron chi connectivity index (χ2n) is 9.07. The van der Waals surface area contributed by atoms with Crippen molar-refractivity contribution in [3.05, 3.63) is 70.8 Å². The normalized spacial score (nSPS) is 14.4. The molecule has 162 valence electrons. The Labute approximate surface area is 186 Å². The molecule has 2 aromatic rings. The van der Waals surface area contributed by atoms with E-state index in [2.05, 4.69) is 67.9 Å². The molecule has 3 rings (SSSR count). The van der Waals surface area contributed by atoms with Crippen molar-refractivity contribution in [2.45, 2.75) is 52.9 Å². The molecule has 0 bridgehead atoms. The average molecular weight is 416 g/mol. The van der Waals surface area contributed by atoms with Gasteiger partial charge in [0, 0.05) is 36.5 Å². The second kappa shape index (κ2) is 9.83. The third-order valence-electron chi connectivity index (χ3n) is 6.14. The van der Waals surface area contributed by atoms with Gasteiger partial charge in [0.15, 0.2) is 0 Å². The van der Waals surface area contributed by atoms with E-state index in [0.29, 0.717) is 23.8 Å². The molecule has 1 N–H and O–H groups in total. The zero-order chi connectivity index (χ0) is 22.5. The monoisotopic (exact) mass is 415 g/mol. The number of nitrogens with zero attached hydrogens (tertiary/aromatic N) is 2. The molecule has 1 amide bonds. The number of nitriles is 1. The highest BCUT2D eigenvalue weighted by Gasteiger charge is 2.23. The van der Waals surface area contributed by atoms with Crippen molar-refractivity contribution < 1.29 is 4.79 Å². The Bertz CT molecular complexity index is 990. The van der Waals surface area contributed by atoms with Crippen molar-refractivity contribution in [1.82, 2.24) is 4.90 Å². The van der Waals surface area contributed by atoms with Gasteiger partial charge in [-0.3, -0.25) is 4.79 Å². The van der Waals surface area contributed by atoms with Crippen molar-refractivity contribution >= 4 is 17.3 Å². The molecule has 0 atom stereocenters. The van der Waals surface area contributed by atoms with Gasteiger partial charge in [-0.25, -0.2) is 0 Å². The van der Waals surface area contributed by atoms with Gasteiger partial charge in [0.05, 0.1) is 11.6 Å². The number of hydrogen-bond acceptors (Lipinski definition) is 3. The van der Waals surface area contributed by atoms with Crippen LogP contribution in [0.2, 0.25) is 0 Å². The number of amides is 1. The average Bonchev–Trinajstić information content (AvgIpc) is 2.75. The van der Waals surface area contributed by atoms with Gasteiger partial charge in [0.1, 0.15) is 0 Å². The van der Waals surface area contributed by atoms with E-state index in [0.717, 1.165) is 48.4 Å². The standard InChI is InChI=1S/C27H33N3O/c1-18(2)14-27(31)29-26-16-25(19(3)15-20(26)4)21(5)30-12-10-24(11-13-30)23-8-6-22(17-28)7-9-23/h6-9,15-16,18,24H,5,10-14H2,1-4H3,(H,29,31). The summed E-state index contributed by atoms with van der Waals surface area (Å²) >= 11 is 0. The van der Waals surface area contributed by atoms with E-state index >= 15 is 0 Å². The minimum atomic E-state index is 0.0572. The van der Waals surface area contributed by atoms with E-state index in [9.17, 15) is 4.79 Å². The second-order valence-corrected chi connectivity index (χ2v) is 9.07. The summed E-state index contributed by atoms with van der Waals surface area (Å²) in [7, 11) is 0. The summed E-state index contributed by atoms with van der Waals surface area (Å²) in [5.41, 5.74) is 7.27. The molecular weight excluding hydrogens is 382 g/mol. The number of carbonyl (C=O) groups is 1. The Balaban J connectivity index is 1.69. The van der Waals surface area contributed by atoms with E-state index in [4.69, 9.17) is 5.26 Å². The van der Waals surface area contributed by atoms with Crippen LogP contribution in [-0.4, -0.2) is 23.9 Å². The van der Waals surface area contributed by atoms with Crippen LogP contribution >= 0.6 is 0 Å². The number of piperidine rings is 1. The Morgan fingerprint density at radius 3 is 2.39 bits per heavy atom. The zero-order valence-electron chi connectivity index (χ0n) is 19.2. The molecule has 4 heteroatoms. The lowest BCUT2D eigenvalue weighted by Crippen LogP contribution is -2.31. The number of aryl methyl sites for hydroxylation is 2. The molecule has 1 saturated heterocycles. The van der Waals surface area contributed by atoms with Gasteiger partial charge in [-0.05, 0) is 73.4 Å². The number of rotatable bonds is 6. The van der Waals surface area contributed by atoms with Crippen LogP contribution in [0.4, 0.5) is 5.69 Å². The summed E-state index contributed by atoms with van der Waals surface area (Å²) < 4.78 is 0. The molecule has 0 spiro atoms. The molecule has 0 unspecified atom stereocenters. The van der Waals surface area contributed by atoms with Crippen molar-refractivity contribution in [2.24, 2.45) is 5.92 Å². The molecule has 1 aliphatic heterocycles. The van der Waals surface area contributed by atoms with E-state index in [1.54, 1.807) is 0 Å². The summed E-state index contributed by atoms with van der Waals surface area (Å²) in [6.45, 7) is 14.6. The lowest BCUT2D eigenvalue weighted by molar-refractivity contribution is -0.116. The van der Waals surface area contributed by atoms with E-state index in [-0.39, 0.29) is 5.91 Å². The Morgan fingerprint density at radius 2 is 1.81 bits per heavy atom. The van der Waals surface area contributed by atoms with Crippen molar-refractivity contribution in [3.8, 4) is 6.07 Å². The van der Waals surface area contributed by atoms with Gasteiger partial charge in [0.2, 0.25) is 5.91 Å². The highest BCUT2D eigenvalue weighted by Crippen LogP contribution is 2.33. The Morgan fingerprint density at radius 1 is 1.16 bits per heavy atom. The molecule has 0 aromatic heterocycles. The van der Waals surface area contributed by atoms with Gasteiger partial charge in [0.25, 0.3) is 0 Å². The lowest BCUT2D eigenvalue weighted by Gasteiger charge is -2.35. The molecule has 0 saturated carbocycles. The fraction of sp³-hybridized carbons (Fsp3) is 0.407. The Kier molecular flexibility index (Phi) is 7.17. The van der Waals surface area contributed by atoms with Crippen molar-refractivity contribution in [3.63, 3.8) is 0 Å². The number of anilines is 1. The van der Waals surface area contributed by atoms with E-state index in [1.165, 1.54) is 11.1 Å². The van der Waals surface area contributed by atoms with Crippen LogP contribution in [0, 0.1) is 31.1 Å². The van der Waals surface area contributed by atoms with Crippen LogP contribution in [0.15, 0.2) is 43.0 Å². The molecule has 2 aromatic carbocycles. The fourth-order valence-electron chi connectivity index (χ4n) is 4.35. The first kappa shape index (κ1) is 22.6. The Hall–Kier alpha value is -3.06. The van der Waals surface area contributed by atoms with Gasteiger partial charge < -0.3 is 10.2 Å². The summed E-state index contributed by atoms with van der Waals surface area (Å²) in [5.74, 6) is 0.904. The third-order valence-corrected chi connectivity index (χ3v) is 6.14. The highest BCUT2D eigenvalue weighted by molar-refractivity contribution is 5.92. The van der Waals surface area contributed by atoms with Crippen LogP contribution in [0.5, 0.6) is 0 Å². The molecule has 4 nitrogen and oxygen atoms in total. The third kappa shape index (κ3) is 5.55. The summed E-state index contributed by atoms with van der Waals surface area (Å²) in [6.07, 6.45) is 2.65. The minimum absolute atomic E-state index is 0.0572. The maximum atomic E-state index is 12.3. The number of benzene rings is 2. The van der Waals surface area contributed by atoms with Crippen LogP contribution in [0.1, 0.15) is 66.8 Å². The predicted octanol–water partition coefficient (Wildman–Crippen LogP) is 6.01. The quantitative estimate of drug-likeness (QED) is 0.628. The van der Waals surface area contributed by atoms with Crippen molar-refractivity contribution in [2.75, 3.05) is 18.4 Å². The van der Waals surface area contributed by atoms with Crippen LogP contribution < -0.4 is 5.32 Å². The first-order chi connectivity index (χ1) is 14.8. The number of likely N-dealkylation sites (tertiary alicyclic amines) is 1. The molecule has 1 fully saturated rings. The number of hydrogen-bond donors (Lipinski definition) is 1. The molecule has 1 heterocycles. The molecule has 0 aliphatic carbocycles. The largest absolute Gasteiger partial charge is 0.371 e. The molecule has 1 aliphatic rings. The first-order valence-electron chi connectivity index (χ1n) is 11.1. The topological polar surface area (TPSA) is 56.1 Å². The summed E-state index contributed by atoms with van der Waals surface area (Å²) in [5, 5.41) is 12.1. The smallest absolute Gasteiger partial charge is 0.224 e. The highest BCUT2D eigenvalue weighted by atomic mass is 16.1. The summed E-state index contributed by atoms with van der Waals surface area (Å²) in [6, 6.07) is 14.4. The van der Waals surface area contributed by atoms with Crippen LogP contribution in [0.3, 0.4) is 0 Å². The lowest BCUT2D eigenvalue weighted by atomic mass is 9.88. The fourth-order valence-corrected chi connectivity index (χ4v) is 4.35. The van der Waals surface area contributed by atoms with E-state index in [1.807, 2.05) is 19.1 Å². The van der Waals surface area contributed by atoms with E-state index < -0.39 is 0 Å². The number of nitrogens with one attached hydrogen (secondary N) is 1.